The number of halogens is 2. The van der Waals surface area contributed by atoms with Gasteiger partial charge >= 0.3 is 0 Å². The predicted molar refractivity (Wildman–Crippen MR) is 55.1 cm³/mol. The maximum atomic E-state index is 12.6. The van der Waals surface area contributed by atoms with Gasteiger partial charge < -0.3 is 5.32 Å². The fourth-order valence-corrected chi connectivity index (χ4v) is 0.982. The monoisotopic (exact) mass is 201 g/mol. The van der Waals surface area contributed by atoms with Crippen molar-refractivity contribution in [3.63, 3.8) is 0 Å². The molecule has 1 aromatic carbocycles. The van der Waals surface area contributed by atoms with E-state index in [2.05, 4.69) is 5.32 Å². The SMILES string of the molecule is CC.CCNCc1cc(F)cc(F)c1. The molecule has 80 valence electrons. The van der Waals surface area contributed by atoms with Gasteiger partial charge in [0.05, 0.1) is 0 Å². The average molecular weight is 201 g/mol. The molecule has 0 saturated heterocycles. The van der Waals surface area contributed by atoms with Crippen molar-refractivity contribution in [3.05, 3.63) is 35.4 Å². The number of hydrogen-bond acceptors (Lipinski definition) is 1. The van der Waals surface area contributed by atoms with E-state index in [1.807, 2.05) is 20.8 Å². The highest BCUT2D eigenvalue weighted by molar-refractivity contribution is 5.17. The fourth-order valence-electron chi connectivity index (χ4n) is 0.982. The van der Waals surface area contributed by atoms with Gasteiger partial charge in [-0.15, -0.1) is 0 Å². The first-order chi connectivity index (χ1) is 6.72. The van der Waals surface area contributed by atoms with Gasteiger partial charge in [0.2, 0.25) is 0 Å². The van der Waals surface area contributed by atoms with Crippen LogP contribution >= 0.6 is 0 Å². The van der Waals surface area contributed by atoms with Crippen molar-refractivity contribution >= 4 is 0 Å². The summed E-state index contributed by atoms with van der Waals surface area (Å²) < 4.78 is 25.2. The van der Waals surface area contributed by atoms with E-state index in [0.29, 0.717) is 12.1 Å². The number of hydrogen-bond donors (Lipinski definition) is 1. The summed E-state index contributed by atoms with van der Waals surface area (Å²) in [6, 6.07) is 3.52. The van der Waals surface area contributed by atoms with E-state index < -0.39 is 11.6 Å². The molecule has 0 aromatic heterocycles. The lowest BCUT2D eigenvalue weighted by Crippen LogP contribution is -2.11. The van der Waals surface area contributed by atoms with Gasteiger partial charge in [-0.05, 0) is 24.2 Å². The second-order valence-corrected chi connectivity index (χ2v) is 2.56. The van der Waals surface area contributed by atoms with E-state index in [4.69, 9.17) is 0 Å². The number of benzene rings is 1. The van der Waals surface area contributed by atoms with Crippen molar-refractivity contribution < 1.29 is 8.78 Å². The van der Waals surface area contributed by atoms with Crippen molar-refractivity contribution in [3.8, 4) is 0 Å². The molecule has 0 unspecified atom stereocenters. The van der Waals surface area contributed by atoms with Crippen molar-refractivity contribution in [2.45, 2.75) is 27.3 Å². The molecule has 1 nitrogen and oxygen atoms in total. The van der Waals surface area contributed by atoms with E-state index in [0.717, 1.165) is 12.6 Å². The Morgan fingerprint density at radius 3 is 2.00 bits per heavy atom. The number of nitrogens with one attached hydrogen (secondary N) is 1. The second-order valence-electron chi connectivity index (χ2n) is 2.56. The molecule has 0 saturated carbocycles. The van der Waals surface area contributed by atoms with E-state index in [1.165, 1.54) is 12.1 Å². The zero-order valence-electron chi connectivity index (χ0n) is 8.90. The first kappa shape index (κ1) is 13.0. The van der Waals surface area contributed by atoms with Crippen LogP contribution in [-0.2, 0) is 6.54 Å². The maximum absolute atomic E-state index is 12.6. The molecule has 14 heavy (non-hydrogen) atoms. The molecule has 0 aliphatic carbocycles. The van der Waals surface area contributed by atoms with Crippen LogP contribution in [0.4, 0.5) is 8.78 Å². The molecule has 0 amide bonds. The molecule has 0 fully saturated rings. The van der Waals surface area contributed by atoms with Gasteiger partial charge in [0.15, 0.2) is 0 Å². The van der Waals surface area contributed by atoms with Gasteiger partial charge in [-0.1, -0.05) is 20.8 Å². The molecule has 3 heteroatoms. The van der Waals surface area contributed by atoms with Crippen molar-refractivity contribution in [1.82, 2.24) is 5.32 Å². The molecule has 1 aromatic rings. The Morgan fingerprint density at radius 2 is 1.57 bits per heavy atom. The standard InChI is InChI=1S/C9H11F2N.C2H6/c1-2-12-6-7-3-8(10)5-9(11)4-7;1-2/h3-5,12H,2,6H2,1H3;1-2H3. The zero-order chi connectivity index (χ0) is 11.0. The molecule has 0 aliphatic rings. The minimum Gasteiger partial charge on any atom is -0.313 e. The third kappa shape index (κ3) is 4.92. The van der Waals surface area contributed by atoms with Crippen LogP contribution in [0.15, 0.2) is 18.2 Å². The molecule has 1 N–H and O–H groups in total. The quantitative estimate of drug-likeness (QED) is 0.792. The van der Waals surface area contributed by atoms with Crippen molar-refractivity contribution in [1.29, 1.82) is 0 Å². The Morgan fingerprint density at radius 1 is 1.07 bits per heavy atom. The minimum atomic E-state index is -0.525. The highest BCUT2D eigenvalue weighted by atomic mass is 19.1. The molecule has 0 radical (unpaired) electrons. The van der Waals surface area contributed by atoms with Gasteiger partial charge in [-0.2, -0.15) is 0 Å². The lowest BCUT2D eigenvalue weighted by atomic mass is 10.2. The van der Waals surface area contributed by atoms with Crippen LogP contribution in [0.1, 0.15) is 26.3 Å². The van der Waals surface area contributed by atoms with Crippen LogP contribution in [0.25, 0.3) is 0 Å². The molecule has 0 atom stereocenters. The summed E-state index contributed by atoms with van der Waals surface area (Å²) in [4.78, 5) is 0. The highest BCUT2D eigenvalue weighted by Gasteiger charge is 1.98. The summed E-state index contributed by atoms with van der Waals surface area (Å²) >= 11 is 0. The van der Waals surface area contributed by atoms with Crippen molar-refractivity contribution in [2.75, 3.05) is 6.54 Å². The Hall–Kier alpha value is -0.960. The lowest BCUT2D eigenvalue weighted by molar-refractivity contribution is 0.576. The Bertz CT molecular complexity index is 241. The van der Waals surface area contributed by atoms with E-state index in [1.54, 1.807) is 0 Å². The third-order valence-electron chi connectivity index (χ3n) is 1.50. The first-order valence-electron chi connectivity index (χ1n) is 4.88. The number of rotatable bonds is 3. The summed E-state index contributed by atoms with van der Waals surface area (Å²) in [7, 11) is 0. The molecule has 1 rings (SSSR count). The smallest absolute Gasteiger partial charge is 0.126 e. The summed E-state index contributed by atoms with van der Waals surface area (Å²) in [5.74, 6) is -1.05. The summed E-state index contributed by atoms with van der Waals surface area (Å²) in [6.07, 6.45) is 0. The Labute approximate surface area is 84.1 Å². The van der Waals surface area contributed by atoms with Gasteiger partial charge in [0, 0.05) is 12.6 Å². The van der Waals surface area contributed by atoms with Gasteiger partial charge in [-0.25, -0.2) is 8.78 Å². The predicted octanol–water partition coefficient (Wildman–Crippen LogP) is 3.10. The summed E-state index contributed by atoms with van der Waals surface area (Å²) in [5.41, 5.74) is 0.634. The van der Waals surface area contributed by atoms with E-state index >= 15 is 0 Å². The zero-order valence-corrected chi connectivity index (χ0v) is 8.90. The first-order valence-corrected chi connectivity index (χ1v) is 4.88. The highest BCUT2D eigenvalue weighted by Crippen LogP contribution is 2.07. The third-order valence-corrected chi connectivity index (χ3v) is 1.50. The average Bonchev–Trinajstić information content (AvgIpc) is 2.16. The van der Waals surface area contributed by atoms with Crippen LogP contribution in [0.2, 0.25) is 0 Å². The lowest BCUT2D eigenvalue weighted by Gasteiger charge is -2.01. The van der Waals surface area contributed by atoms with Crippen LogP contribution in [0, 0.1) is 11.6 Å². The van der Waals surface area contributed by atoms with E-state index in [-0.39, 0.29) is 0 Å². The maximum Gasteiger partial charge on any atom is 0.126 e. The topological polar surface area (TPSA) is 12.0 Å². The van der Waals surface area contributed by atoms with Gasteiger partial charge in [-0.3, -0.25) is 0 Å². The molecule has 0 aliphatic heterocycles. The Balaban J connectivity index is 0.000000791. The molecular formula is C11H17F2N. The van der Waals surface area contributed by atoms with Gasteiger partial charge in [0.1, 0.15) is 11.6 Å². The van der Waals surface area contributed by atoms with Crippen LogP contribution < -0.4 is 5.32 Å². The fraction of sp³-hybridized carbons (Fsp3) is 0.455. The largest absolute Gasteiger partial charge is 0.313 e. The minimum absolute atomic E-state index is 0.505. The Kier molecular flexibility index (Phi) is 6.93. The van der Waals surface area contributed by atoms with Crippen molar-refractivity contribution in [2.24, 2.45) is 0 Å². The molecule has 0 spiro atoms. The second kappa shape index (κ2) is 7.44. The summed E-state index contributed by atoms with van der Waals surface area (Å²) in [6.45, 7) is 7.24. The molecule has 0 heterocycles. The van der Waals surface area contributed by atoms with Gasteiger partial charge in [0.25, 0.3) is 0 Å². The van der Waals surface area contributed by atoms with E-state index in [9.17, 15) is 8.78 Å². The molecule has 0 bridgehead atoms. The molecular weight excluding hydrogens is 184 g/mol. The summed E-state index contributed by atoms with van der Waals surface area (Å²) in [5, 5.41) is 2.99. The normalized spacial score (nSPS) is 9.21. The van der Waals surface area contributed by atoms with Crippen LogP contribution in [0.3, 0.4) is 0 Å². The van der Waals surface area contributed by atoms with Crippen LogP contribution in [0.5, 0.6) is 0 Å². The van der Waals surface area contributed by atoms with Crippen LogP contribution in [-0.4, -0.2) is 6.54 Å².